The Morgan fingerprint density at radius 1 is 1.31 bits per heavy atom. The van der Waals surface area contributed by atoms with E-state index in [1.165, 1.54) is 10.4 Å². The molecule has 0 amide bonds. The largest absolute Gasteiger partial charge is 0.197 e. The summed E-state index contributed by atoms with van der Waals surface area (Å²) in [5, 5.41) is 0. The third-order valence-electron chi connectivity index (χ3n) is 1.74. The molecule has 0 N–H and O–H groups in total. The van der Waals surface area contributed by atoms with Crippen molar-refractivity contribution in [2.45, 2.75) is 6.92 Å². The van der Waals surface area contributed by atoms with Crippen molar-refractivity contribution in [1.82, 2.24) is 4.37 Å². The van der Waals surface area contributed by atoms with Gasteiger partial charge < -0.3 is 0 Å². The van der Waals surface area contributed by atoms with Crippen LogP contribution in [-0.4, -0.2) is 4.37 Å². The average molecular weight is 254 g/mol. The summed E-state index contributed by atoms with van der Waals surface area (Å²) < 4.78 is 5.36. The van der Waals surface area contributed by atoms with Gasteiger partial charge in [-0.1, -0.05) is 28.1 Å². The van der Waals surface area contributed by atoms with Crippen molar-refractivity contribution in [1.29, 1.82) is 0 Å². The molecule has 0 aliphatic heterocycles. The van der Waals surface area contributed by atoms with Crippen LogP contribution in [0.5, 0.6) is 0 Å². The van der Waals surface area contributed by atoms with Crippen molar-refractivity contribution in [3.05, 3.63) is 40.5 Å². The van der Waals surface area contributed by atoms with Crippen molar-refractivity contribution in [2.75, 3.05) is 0 Å². The molecule has 2 aromatic rings. The number of aromatic nitrogens is 1. The summed E-state index contributed by atoms with van der Waals surface area (Å²) >= 11 is 4.99. The van der Waals surface area contributed by atoms with Crippen LogP contribution in [0.25, 0.3) is 10.4 Å². The van der Waals surface area contributed by atoms with Gasteiger partial charge >= 0.3 is 0 Å². The molecule has 0 atom stereocenters. The molecule has 13 heavy (non-hydrogen) atoms. The zero-order valence-corrected chi connectivity index (χ0v) is 9.52. The van der Waals surface area contributed by atoms with Crippen LogP contribution in [0, 0.1) is 6.92 Å². The van der Waals surface area contributed by atoms with Gasteiger partial charge in [0.15, 0.2) is 0 Å². The van der Waals surface area contributed by atoms with Gasteiger partial charge in [0.2, 0.25) is 0 Å². The van der Waals surface area contributed by atoms with Gasteiger partial charge in [-0.15, -0.1) is 0 Å². The van der Waals surface area contributed by atoms with Gasteiger partial charge in [-0.3, -0.25) is 0 Å². The predicted octanol–water partition coefficient (Wildman–Crippen LogP) is 3.88. The number of aryl methyl sites for hydroxylation is 1. The van der Waals surface area contributed by atoms with E-state index < -0.39 is 0 Å². The van der Waals surface area contributed by atoms with Crippen LogP contribution in [0.2, 0.25) is 0 Å². The Bertz CT molecular complexity index is 422. The van der Waals surface area contributed by atoms with Crippen LogP contribution in [-0.2, 0) is 0 Å². The van der Waals surface area contributed by atoms with Crippen LogP contribution in [0.1, 0.15) is 5.69 Å². The zero-order chi connectivity index (χ0) is 9.26. The van der Waals surface area contributed by atoms with Gasteiger partial charge in [0.1, 0.15) is 0 Å². The number of halogens is 1. The molecule has 0 unspecified atom stereocenters. The van der Waals surface area contributed by atoms with Crippen LogP contribution in [0.15, 0.2) is 34.8 Å². The van der Waals surface area contributed by atoms with Gasteiger partial charge in [0.25, 0.3) is 0 Å². The molecule has 1 aromatic heterocycles. The van der Waals surface area contributed by atoms with E-state index in [-0.39, 0.29) is 0 Å². The summed E-state index contributed by atoms with van der Waals surface area (Å²) in [6.45, 7) is 2.01. The number of nitrogens with zero attached hydrogens (tertiary/aromatic N) is 1. The predicted molar refractivity (Wildman–Crippen MR) is 60.0 cm³/mol. The maximum absolute atomic E-state index is 4.25. The summed E-state index contributed by atoms with van der Waals surface area (Å²) in [6.07, 6.45) is 0. The van der Waals surface area contributed by atoms with E-state index in [0.717, 1.165) is 10.2 Å². The standard InChI is InChI=1S/C10H8BrNS/c1-7-5-10(13-12-7)8-3-2-4-9(11)6-8/h2-6H,1H3. The fourth-order valence-corrected chi connectivity index (χ4v) is 2.29. The van der Waals surface area contributed by atoms with Crippen LogP contribution >= 0.6 is 27.5 Å². The monoisotopic (exact) mass is 253 g/mol. The van der Waals surface area contributed by atoms with E-state index in [4.69, 9.17) is 0 Å². The van der Waals surface area contributed by atoms with Crippen LogP contribution in [0.3, 0.4) is 0 Å². The Hall–Kier alpha value is -0.670. The molecule has 0 spiro atoms. The topological polar surface area (TPSA) is 12.9 Å². The van der Waals surface area contributed by atoms with Crippen LogP contribution in [0.4, 0.5) is 0 Å². The molecule has 0 saturated carbocycles. The number of rotatable bonds is 1. The lowest BCUT2D eigenvalue weighted by molar-refractivity contribution is 1.35. The molecule has 3 heteroatoms. The molecule has 0 saturated heterocycles. The summed E-state index contributed by atoms with van der Waals surface area (Å²) in [5.41, 5.74) is 2.31. The van der Waals surface area contributed by atoms with Gasteiger partial charge in [0.05, 0.1) is 10.6 Å². The highest BCUT2D eigenvalue weighted by molar-refractivity contribution is 9.10. The Kier molecular flexibility index (Phi) is 2.47. The molecule has 66 valence electrons. The van der Waals surface area contributed by atoms with E-state index >= 15 is 0 Å². The number of hydrogen-bond acceptors (Lipinski definition) is 2. The van der Waals surface area contributed by atoms with E-state index in [0.29, 0.717) is 0 Å². The molecular weight excluding hydrogens is 246 g/mol. The maximum Gasteiger partial charge on any atom is 0.0553 e. The minimum absolute atomic E-state index is 1.08. The first-order valence-electron chi connectivity index (χ1n) is 3.95. The third kappa shape index (κ3) is 1.98. The van der Waals surface area contributed by atoms with Crippen molar-refractivity contribution < 1.29 is 0 Å². The Balaban J connectivity index is 2.46. The lowest BCUT2D eigenvalue weighted by Crippen LogP contribution is -1.71. The second-order valence-electron chi connectivity index (χ2n) is 2.84. The van der Waals surface area contributed by atoms with Gasteiger partial charge in [-0.2, -0.15) is 4.37 Å². The SMILES string of the molecule is Cc1cc(-c2cccc(Br)c2)sn1. The average Bonchev–Trinajstić information content (AvgIpc) is 2.52. The third-order valence-corrected chi connectivity index (χ3v) is 3.16. The first kappa shape index (κ1) is 8.91. The van der Waals surface area contributed by atoms with E-state index in [1.54, 1.807) is 11.5 Å². The summed E-state index contributed by atoms with van der Waals surface area (Å²) in [5.74, 6) is 0. The highest BCUT2D eigenvalue weighted by atomic mass is 79.9. The molecular formula is C10H8BrNS. The van der Waals surface area contributed by atoms with Crippen molar-refractivity contribution in [3.63, 3.8) is 0 Å². The minimum Gasteiger partial charge on any atom is -0.197 e. The fraction of sp³-hybridized carbons (Fsp3) is 0.100. The van der Waals surface area contributed by atoms with E-state index in [1.807, 2.05) is 19.1 Å². The number of hydrogen-bond donors (Lipinski definition) is 0. The fourth-order valence-electron chi connectivity index (χ4n) is 1.14. The molecule has 0 radical (unpaired) electrons. The minimum atomic E-state index is 1.08. The second kappa shape index (κ2) is 3.60. The molecule has 2 rings (SSSR count). The molecule has 0 aliphatic carbocycles. The summed E-state index contributed by atoms with van der Waals surface area (Å²) in [6, 6.07) is 10.4. The Morgan fingerprint density at radius 3 is 2.77 bits per heavy atom. The highest BCUT2D eigenvalue weighted by Gasteiger charge is 2.01. The summed E-state index contributed by atoms with van der Waals surface area (Å²) in [7, 11) is 0. The van der Waals surface area contributed by atoms with Gasteiger partial charge in [0, 0.05) is 4.47 Å². The summed E-state index contributed by atoms with van der Waals surface area (Å²) in [4.78, 5) is 1.22. The smallest absolute Gasteiger partial charge is 0.0553 e. The van der Waals surface area contributed by atoms with Gasteiger partial charge in [-0.05, 0) is 42.2 Å². The second-order valence-corrected chi connectivity index (χ2v) is 4.56. The van der Waals surface area contributed by atoms with Gasteiger partial charge in [-0.25, -0.2) is 0 Å². The van der Waals surface area contributed by atoms with E-state index in [2.05, 4.69) is 38.5 Å². The van der Waals surface area contributed by atoms with Crippen molar-refractivity contribution >= 4 is 27.5 Å². The molecule has 0 fully saturated rings. The lowest BCUT2D eigenvalue weighted by atomic mass is 10.2. The Morgan fingerprint density at radius 2 is 2.15 bits per heavy atom. The van der Waals surface area contributed by atoms with Crippen molar-refractivity contribution in [2.24, 2.45) is 0 Å². The first-order chi connectivity index (χ1) is 6.25. The molecule has 0 aliphatic rings. The van der Waals surface area contributed by atoms with Crippen molar-refractivity contribution in [3.8, 4) is 10.4 Å². The molecule has 0 bridgehead atoms. The molecule has 1 heterocycles. The zero-order valence-electron chi connectivity index (χ0n) is 7.12. The number of benzene rings is 1. The lowest BCUT2D eigenvalue weighted by Gasteiger charge is -1.95. The highest BCUT2D eigenvalue weighted by Crippen LogP contribution is 2.26. The molecule has 1 nitrogen and oxygen atoms in total. The quantitative estimate of drug-likeness (QED) is 0.752. The van der Waals surface area contributed by atoms with Crippen LogP contribution < -0.4 is 0 Å². The molecule has 1 aromatic carbocycles. The first-order valence-corrected chi connectivity index (χ1v) is 5.51. The van der Waals surface area contributed by atoms with E-state index in [9.17, 15) is 0 Å². The normalized spacial score (nSPS) is 10.3. The Labute approximate surface area is 89.7 Å². The maximum atomic E-state index is 4.25.